The van der Waals surface area contributed by atoms with Gasteiger partial charge in [0, 0.05) is 25.8 Å². The van der Waals surface area contributed by atoms with Crippen LogP contribution in [0.25, 0.3) is 0 Å². The molecule has 0 aliphatic rings. The molecule has 0 heterocycles. The fourth-order valence-corrected chi connectivity index (χ4v) is 4.11. The van der Waals surface area contributed by atoms with Gasteiger partial charge in [0.1, 0.15) is 0 Å². The van der Waals surface area contributed by atoms with E-state index in [1.807, 2.05) is 20.4 Å². The Kier molecular flexibility index (Phi) is 8.00. The smallest absolute Gasteiger partial charge is 0.456 e. The molecular formula is C13H26O3Si. The van der Waals surface area contributed by atoms with Gasteiger partial charge in [-0.05, 0) is 26.7 Å². The fourth-order valence-electron chi connectivity index (χ4n) is 1.60. The van der Waals surface area contributed by atoms with Crippen LogP contribution in [0.5, 0.6) is 0 Å². The van der Waals surface area contributed by atoms with Crippen LogP contribution in [-0.2, 0) is 13.6 Å². The number of hydrogen-bond donors (Lipinski definition) is 0. The van der Waals surface area contributed by atoms with Crippen LogP contribution in [0, 0.1) is 0 Å². The van der Waals surface area contributed by atoms with Gasteiger partial charge < -0.3 is 13.6 Å². The third-order valence-corrected chi connectivity index (χ3v) is 4.87. The second kappa shape index (κ2) is 8.36. The molecule has 0 aromatic carbocycles. The van der Waals surface area contributed by atoms with Gasteiger partial charge in [0.05, 0.1) is 11.5 Å². The van der Waals surface area contributed by atoms with Crippen LogP contribution in [0.2, 0.25) is 12.6 Å². The highest BCUT2D eigenvalue weighted by Crippen LogP contribution is 2.21. The first-order valence-electron chi connectivity index (χ1n) is 6.16. The summed E-state index contributed by atoms with van der Waals surface area (Å²) in [4.78, 5) is 0. The maximum atomic E-state index is 5.76. The van der Waals surface area contributed by atoms with Gasteiger partial charge in [-0.2, -0.15) is 0 Å². The number of ether oxygens (including phenoxy) is 1. The molecule has 0 N–H and O–H groups in total. The molecule has 4 heteroatoms. The zero-order chi connectivity index (χ0) is 13.3. The topological polar surface area (TPSA) is 27.7 Å². The van der Waals surface area contributed by atoms with Crippen LogP contribution in [0.15, 0.2) is 24.7 Å². The number of hydrogen-bond acceptors (Lipinski definition) is 3. The van der Waals surface area contributed by atoms with Crippen molar-refractivity contribution in [3.8, 4) is 0 Å². The van der Waals surface area contributed by atoms with E-state index in [4.69, 9.17) is 13.6 Å². The lowest BCUT2D eigenvalue weighted by Crippen LogP contribution is -2.37. The molecule has 3 nitrogen and oxygen atoms in total. The van der Waals surface area contributed by atoms with Crippen molar-refractivity contribution < 1.29 is 13.6 Å². The van der Waals surface area contributed by atoms with E-state index >= 15 is 0 Å². The highest BCUT2D eigenvalue weighted by molar-refractivity contribution is 6.66. The van der Waals surface area contributed by atoms with Crippen molar-refractivity contribution in [2.24, 2.45) is 0 Å². The van der Waals surface area contributed by atoms with Crippen LogP contribution in [0.3, 0.4) is 0 Å². The summed E-state index contributed by atoms with van der Waals surface area (Å²) in [5.41, 5.74) is 0. The third kappa shape index (κ3) is 9.00. The highest BCUT2D eigenvalue weighted by atomic mass is 28.4. The summed E-state index contributed by atoms with van der Waals surface area (Å²) < 4.78 is 17.0. The quantitative estimate of drug-likeness (QED) is 0.337. The molecule has 0 rings (SSSR count). The average molecular weight is 258 g/mol. The summed E-state index contributed by atoms with van der Waals surface area (Å²) in [5, 5.41) is 0. The monoisotopic (exact) mass is 258 g/mol. The Balaban J connectivity index is 4.09. The minimum atomic E-state index is -2.21. The van der Waals surface area contributed by atoms with E-state index in [0.717, 1.165) is 32.1 Å². The Hall–Kier alpha value is -0.743. The Morgan fingerprint density at radius 2 is 1.59 bits per heavy atom. The molecule has 0 radical (unpaired) electrons. The van der Waals surface area contributed by atoms with E-state index in [-0.39, 0.29) is 0 Å². The molecule has 17 heavy (non-hydrogen) atoms. The molecule has 0 unspecified atom stereocenters. The zero-order valence-electron chi connectivity index (χ0n) is 11.7. The van der Waals surface area contributed by atoms with Crippen molar-refractivity contribution in [1.82, 2.24) is 0 Å². The Morgan fingerprint density at radius 1 is 1.06 bits per heavy atom. The summed E-state index contributed by atoms with van der Waals surface area (Å²) in [6.45, 7) is 17.0. The molecule has 0 saturated heterocycles. The van der Waals surface area contributed by atoms with Crippen LogP contribution in [0.1, 0.15) is 33.6 Å². The first-order chi connectivity index (χ1) is 7.89. The lowest BCUT2D eigenvalue weighted by molar-refractivity contribution is 0.132. The van der Waals surface area contributed by atoms with Crippen molar-refractivity contribution in [2.75, 3.05) is 13.2 Å². The standard InChI is InChI=1S/C13H26O3Si/c1-7-9-14-10-8-11-17(6,15-12(2)3)16-13(4)5/h2,4,7-11H2,1,3,5-6H3. The predicted molar refractivity (Wildman–Crippen MR) is 74.0 cm³/mol. The van der Waals surface area contributed by atoms with Gasteiger partial charge in [0.25, 0.3) is 0 Å². The minimum Gasteiger partial charge on any atom is -0.517 e. The molecule has 0 atom stereocenters. The van der Waals surface area contributed by atoms with Gasteiger partial charge >= 0.3 is 8.56 Å². The summed E-state index contributed by atoms with van der Waals surface area (Å²) >= 11 is 0. The van der Waals surface area contributed by atoms with E-state index in [1.165, 1.54) is 0 Å². The van der Waals surface area contributed by atoms with Gasteiger partial charge in [-0.1, -0.05) is 20.1 Å². The van der Waals surface area contributed by atoms with Gasteiger partial charge in [0.15, 0.2) is 0 Å². The predicted octanol–water partition coefficient (Wildman–Crippen LogP) is 3.98. The molecule has 0 aromatic heterocycles. The molecule has 0 fully saturated rings. The van der Waals surface area contributed by atoms with Gasteiger partial charge in [-0.15, -0.1) is 0 Å². The van der Waals surface area contributed by atoms with E-state index in [1.54, 1.807) is 0 Å². The van der Waals surface area contributed by atoms with Crippen LogP contribution >= 0.6 is 0 Å². The largest absolute Gasteiger partial charge is 0.517 e. The fraction of sp³-hybridized carbons (Fsp3) is 0.692. The van der Waals surface area contributed by atoms with Crippen molar-refractivity contribution in [1.29, 1.82) is 0 Å². The normalized spacial score (nSPS) is 11.1. The van der Waals surface area contributed by atoms with E-state index in [9.17, 15) is 0 Å². The molecule has 0 saturated carbocycles. The summed E-state index contributed by atoms with van der Waals surface area (Å²) in [6.07, 6.45) is 2.00. The molecule has 0 aliphatic carbocycles. The Labute approximate surface area is 107 Å². The Bertz CT molecular complexity index is 235. The summed E-state index contributed by atoms with van der Waals surface area (Å²) in [5.74, 6) is 1.41. The van der Waals surface area contributed by atoms with Crippen LogP contribution < -0.4 is 0 Å². The van der Waals surface area contributed by atoms with Gasteiger partial charge in [0.2, 0.25) is 0 Å². The summed E-state index contributed by atoms with van der Waals surface area (Å²) in [7, 11) is -2.21. The van der Waals surface area contributed by atoms with Crippen molar-refractivity contribution in [2.45, 2.75) is 46.2 Å². The second-order valence-corrected chi connectivity index (χ2v) is 7.63. The molecule has 0 amide bonds. The zero-order valence-corrected chi connectivity index (χ0v) is 12.7. The molecule has 0 bridgehead atoms. The summed E-state index contributed by atoms with van der Waals surface area (Å²) in [6, 6.07) is 0.885. The molecule has 0 aromatic rings. The second-order valence-electron chi connectivity index (χ2n) is 4.46. The number of rotatable bonds is 10. The third-order valence-electron chi connectivity index (χ3n) is 2.05. The SMILES string of the molecule is C=C(C)O[Si](C)(CCCOCCC)OC(=C)C. The molecular weight excluding hydrogens is 232 g/mol. The highest BCUT2D eigenvalue weighted by Gasteiger charge is 2.35. The maximum absolute atomic E-state index is 5.76. The van der Waals surface area contributed by atoms with Gasteiger partial charge in [-0.25, -0.2) is 0 Å². The lowest BCUT2D eigenvalue weighted by Gasteiger charge is -2.28. The first-order valence-corrected chi connectivity index (χ1v) is 8.69. The van der Waals surface area contributed by atoms with Gasteiger partial charge in [-0.3, -0.25) is 0 Å². The molecule has 0 spiro atoms. The average Bonchev–Trinajstić information content (AvgIpc) is 2.14. The van der Waals surface area contributed by atoms with Crippen LogP contribution in [0.4, 0.5) is 0 Å². The molecule has 0 aliphatic heterocycles. The van der Waals surface area contributed by atoms with Crippen LogP contribution in [-0.4, -0.2) is 21.8 Å². The van der Waals surface area contributed by atoms with E-state index in [2.05, 4.69) is 20.1 Å². The van der Waals surface area contributed by atoms with Crippen molar-refractivity contribution in [3.63, 3.8) is 0 Å². The lowest BCUT2D eigenvalue weighted by atomic mass is 10.5. The number of allylic oxidation sites excluding steroid dienone is 2. The van der Waals surface area contributed by atoms with E-state index < -0.39 is 8.56 Å². The minimum absolute atomic E-state index is 0.704. The molecule has 100 valence electrons. The Morgan fingerprint density at radius 3 is 2.00 bits per heavy atom. The van der Waals surface area contributed by atoms with E-state index in [0.29, 0.717) is 11.5 Å². The maximum Gasteiger partial charge on any atom is 0.456 e. The first kappa shape index (κ1) is 16.3. The van der Waals surface area contributed by atoms with Crippen molar-refractivity contribution in [3.05, 3.63) is 24.7 Å². The van der Waals surface area contributed by atoms with Crippen molar-refractivity contribution >= 4 is 8.56 Å².